The van der Waals surface area contributed by atoms with Crippen LogP contribution in [0.3, 0.4) is 0 Å². The molecule has 1 aliphatic rings. The van der Waals surface area contributed by atoms with Crippen LogP contribution in [0.4, 0.5) is 0 Å². The quantitative estimate of drug-likeness (QED) is 0.666. The third-order valence-electron chi connectivity index (χ3n) is 3.93. The van der Waals surface area contributed by atoms with Crippen molar-refractivity contribution in [3.8, 4) is 5.88 Å². The van der Waals surface area contributed by atoms with Crippen LogP contribution in [0.15, 0.2) is 35.6 Å². The summed E-state index contributed by atoms with van der Waals surface area (Å²) in [4.78, 5) is 16.6. The Labute approximate surface area is 146 Å². The Morgan fingerprint density at radius 3 is 3.08 bits per heavy atom. The Morgan fingerprint density at radius 2 is 2.38 bits per heavy atom. The summed E-state index contributed by atoms with van der Waals surface area (Å²) in [5, 5.41) is 4.49. The number of hydrogen-bond acceptors (Lipinski definition) is 5. The van der Waals surface area contributed by atoms with Crippen LogP contribution in [0, 0.1) is 0 Å². The van der Waals surface area contributed by atoms with E-state index in [9.17, 15) is 0 Å². The van der Waals surface area contributed by atoms with Crippen LogP contribution < -0.4 is 10.1 Å². The Hall–Kier alpha value is -2.15. The highest BCUT2D eigenvalue weighted by Crippen LogP contribution is 2.17. The van der Waals surface area contributed by atoms with Gasteiger partial charge in [-0.1, -0.05) is 13.0 Å². The van der Waals surface area contributed by atoms with Crippen LogP contribution in [0.1, 0.15) is 23.2 Å². The first-order valence-corrected chi connectivity index (χ1v) is 9.07. The number of pyridine rings is 1. The maximum absolute atomic E-state index is 5.94. The number of rotatable bonds is 5. The number of aryl methyl sites for hydroxylation is 1. The van der Waals surface area contributed by atoms with Gasteiger partial charge in [-0.15, -0.1) is 11.3 Å². The third-order valence-corrected chi connectivity index (χ3v) is 5.07. The second-order valence-corrected chi connectivity index (χ2v) is 6.82. The molecule has 0 radical (unpaired) electrons. The summed E-state index contributed by atoms with van der Waals surface area (Å²) in [5.41, 5.74) is 0. The summed E-state index contributed by atoms with van der Waals surface area (Å²) < 4.78 is 5.94. The van der Waals surface area contributed by atoms with Crippen LogP contribution in [0.25, 0.3) is 0 Å². The lowest BCUT2D eigenvalue weighted by Gasteiger charge is -2.21. The number of guanidine groups is 1. The van der Waals surface area contributed by atoms with E-state index in [0.29, 0.717) is 12.4 Å². The van der Waals surface area contributed by atoms with E-state index in [-0.39, 0.29) is 6.10 Å². The van der Waals surface area contributed by atoms with Crippen molar-refractivity contribution in [2.45, 2.75) is 32.4 Å². The van der Waals surface area contributed by atoms with Gasteiger partial charge in [-0.25, -0.2) is 9.97 Å². The average molecular weight is 345 g/mol. The lowest BCUT2D eigenvalue weighted by atomic mass is 10.3. The Bertz CT molecular complexity index is 673. The fraction of sp³-hybridized carbons (Fsp3) is 0.471. The lowest BCUT2D eigenvalue weighted by Crippen LogP contribution is -2.40. The van der Waals surface area contributed by atoms with Gasteiger partial charge in [0.15, 0.2) is 5.96 Å². The summed E-state index contributed by atoms with van der Waals surface area (Å²) >= 11 is 1.75. The zero-order chi connectivity index (χ0) is 16.8. The molecule has 1 atom stereocenters. The molecule has 1 N–H and O–H groups in total. The normalized spacial score (nSPS) is 18.0. The van der Waals surface area contributed by atoms with Gasteiger partial charge in [-0.05, 0) is 12.5 Å². The Balaban J connectivity index is 1.51. The number of thiazole rings is 1. The summed E-state index contributed by atoms with van der Waals surface area (Å²) in [7, 11) is 1.81. The van der Waals surface area contributed by atoms with Crippen LogP contribution in [-0.2, 0) is 13.0 Å². The standard InChI is InChI=1S/C17H23N5OS/c1-3-14-10-20-16(24-14)11-21-17(18-2)22-9-7-13(12-22)23-15-6-4-5-8-19-15/h4-6,8,10,13H,3,7,9,11-12H2,1-2H3,(H,18,21). The largest absolute Gasteiger partial charge is 0.472 e. The zero-order valence-corrected chi connectivity index (χ0v) is 14.9. The average Bonchev–Trinajstić information content (AvgIpc) is 3.26. The molecule has 0 amide bonds. The number of nitrogens with zero attached hydrogens (tertiary/aromatic N) is 4. The molecule has 0 spiro atoms. The Kier molecular flexibility index (Phi) is 5.63. The fourth-order valence-corrected chi connectivity index (χ4v) is 3.49. The van der Waals surface area contributed by atoms with Crippen molar-refractivity contribution in [1.82, 2.24) is 20.2 Å². The highest BCUT2D eigenvalue weighted by atomic mass is 32.1. The fourth-order valence-electron chi connectivity index (χ4n) is 2.68. The minimum Gasteiger partial charge on any atom is -0.472 e. The highest BCUT2D eigenvalue weighted by molar-refractivity contribution is 7.11. The van der Waals surface area contributed by atoms with Crippen LogP contribution in [-0.4, -0.2) is 47.1 Å². The zero-order valence-electron chi connectivity index (χ0n) is 14.1. The van der Waals surface area contributed by atoms with E-state index in [1.54, 1.807) is 17.5 Å². The van der Waals surface area contributed by atoms with Crippen molar-refractivity contribution in [2.24, 2.45) is 4.99 Å². The van der Waals surface area contributed by atoms with E-state index in [1.807, 2.05) is 31.4 Å². The number of aliphatic imine (C=N–C) groups is 1. The molecule has 1 unspecified atom stereocenters. The minimum atomic E-state index is 0.144. The SMILES string of the molecule is CCc1cnc(CNC(=NC)N2CCC(Oc3ccccn3)C2)s1. The monoisotopic (exact) mass is 345 g/mol. The molecule has 3 rings (SSSR count). The minimum absolute atomic E-state index is 0.144. The Morgan fingerprint density at radius 1 is 1.46 bits per heavy atom. The predicted molar refractivity (Wildman–Crippen MR) is 96.5 cm³/mol. The third kappa shape index (κ3) is 4.23. The topological polar surface area (TPSA) is 62.6 Å². The molecule has 0 aromatic carbocycles. The van der Waals surface area contributed by atoms with Crippen molar-refractivity contribution < 1.29 is 4.74 Å². The van der Waals surface area contributed by atoms with Crippen molar-refractivity contribution in [1.29, 1.82) is 0 Å². The molecule has 3 heterocycles. The molecule has 0 bridgehead atoms. The van der Waals surface area contributed by atoms with Gasteiger partial charge in [0.05, 0.1) is 13.1 Å². The van der Waals surface area contributed by atoms with E-state index in [4.69, 9.17) is 4.74 Å². The second kappa shape index (κ2) is 8.10. The molecule has 2 aromatic heterocycles. The van der Waals surface area contributed by atoms with Gasteiger partial charge in [0.1, 0.15) is 11.1 Å². The molecular weight excluding hydrogens is 322 g/mol. The summed E-state index contributed by atoms with van der Waals surface area (Å²) in [5.74, 6) is 1.58. The van der Waals surface area contributed by atoms with E-state index in [1.165, 1.54) is 4.88 Å². The first-order chi connectivity index (χ1) is 11.8. The summed E-state index contributed by atoms with van der Waals surface area (Å²) in [6.45, 7) is 4.60. The van der Waals surface area contributed by atoms with Gasteiger partial charge in [-0.2, -0.15) is 0 Å². The molecule has 1 fully saturated rings. The van der Waals surface area contributed by atoms with Crippen molar-refractivity contribution in [3.05, 3.63) is 40.5 Å². The highest BCUT2D eigenvalue weighted by Gasteiger charge is 2.26. The van der Waals surface area contributed by atoms with Crippen LogP contribution >= 0.6 is 11.3 Å². The van der Waals surface area contributed by atoms with Gasteiger partial charge in [-0.3, -0.25) is 4.99 Å². The first kappa shape index (κ1) is 16.7. The van der Waals surface area contributed by atoms with Gasteiger partial charge in [0.2, 0.25) is 5.88 Å². The number of nitrogens with one attached hydrogen (secondary N) is 1. The first-order valence-electron chi connectivity index (χ1n) is 8.25. The van der Waals surface area contributed by atoms with E-state index < -0.39 is 0 Å². The van der Waals surface area contributed by atoms with Crippen molar-refractivity contribution in [3.63, 3.8) is 0 Å². The molecule has 7 heteroatoms. The van der Waals surface area contributed by atoms with E-state index in [0.717, 1.165) is 36.9 Å². The molecule has 128 valence electrons. The lowest BCUT2D eigenvalue weighted by molar-refractivity contribution is 0.205. The van der Waals surface area contributed by atoms with Gasteiger partial charge in [0, 0.05) is 43.4 Å². The summed E-state index contributed by atoms with van der Waals surface area (Å²) in [6, 6.07) is 5.72. The maximum Gasteiger partial charge on any atom is 0.213 e. The molecule has 24 heavy (non-hydrogen) atoms. The van der Waals surface area contributed by atoms with Crippen LogP contribution in [0.5, 0.6) is 5.88 Å². The molecule has 1 aliphatic heterocycles. The van der Waals surface area contributed by atoms with Crippen LogP contribution in [0.2, 0.25) is 0 Å². The number of ether oxygens (including phenoxy) is 1. The van der Waals surface area contributed by atoms with Gasteiger partial charge in [0.25, 0.3) is 0 Å². The van der Waals surface area contributed by atoms with E-state index in [2.05, 4.69) is 32.1 Å². The van der Waals surface area contributed by atoms with Crippen molar-refractivity contribution >= 4 is 17.3 Å². The molecule has 0 saturated carbocycles. The maximum atomic E-state index is 5.94. The number of likely N-dealkylation sites (tertiary alicyclic amines) is 1. The van der Waals surface area contributed by atoms with Gasteiger partial charge < -0.3 is 15.0 Å². The number of hydrogen-bond donors (Lipinski definition) is 1. The molecule has 2 aromatic rings. The number of aromatic nitrogens is 2. The smallest absolute Gasteiger partial charge is 0.213 e. The summed E-state index contributed by atoms with van der Waals surface area (Å²) in [6.07, 6.45) is 5.85. The van der Waals surface area contributed by atoms with Gasteiger partial charge >= 0.3 is 0 Å². The molecular formula is C17H23N5OS. The predicted octanol–water partition coefficient (Wildman–Crippen LogP) is 2.33. The molecule has 0 aliphatic carbocycles. The van der Waals surface area contributed by atoms with Crippen molar-refractivity contribution in [2.75, 3.05) is 20.1 Å². The second-order valence-electron chi connectivity index (χ2n) is 5.62. The molecule has 1 saturated heterocycles. The molecule has 6 nitrogen and oxygen atoms in total. The van der Waals surface area contributed by atoms with E-state index >= 15 is 0 Å².